The Hall–Kier alpha value is -3.04. The van der Waals surface area contributed by atoms with E-state index < -0.39 is 26.4 Å². The van der Waals surface area contributed by atoms with Gasteiger partial charge >= 0.3 is 6.09 Å². The van der Waals surface area contributed by atoms with Crippen molar-refractivity contribution in [1.82, 2.24) is 4.90 Å². The molecule has 210 valence electrons. The number of methoxy groups -OCH3 is 1. The Labute approximate surface area is 228 Å². The number of amides is 2. The molecule has 1 atom stereocenters. The molecule has 0 saturated heterocycles. The largest absolute Gasteiger partial charge is 0.540 e. The Balaban J connectivity index is 2.81. The van der Waals surface area contributed by atoms with Crippen LogP contribution in [0, 0.1) is 0 Å². The zero-order chi connectivity index (χ0) is 28.8. The van der Waals surface area contributed by atoms with Gasteiger partial charge in [0.1, 0.15) is 5.75 Å². The third-order valence-electron chi connectivity index (χ3n) is 7.34. The predicted octanol–water partition coefficient (Wildman–Crippen LogP) is 6.59. The van der Waals surface area contributed by atoms with Crippen molar-refractivity contribution in [3.63, 3.8) is 0 Å². The molecule has 8 nitrogen and oxygen atoms in total. The van der Waals surface area contributed by atoms with Gasteiger partial charge in [-0.2, -0.15) is 0 Å². The summed E-state index contributed by atoms with van der Waals surface area (Å²) < 4.78 is 12.6. The summed E-state index contributed by atoms with van der Waals surface area (Å²) in [6.07, 6.45) is 6.22. The van der Waals surface area contributed by atoms with Crippen LogP contribution in [0.4, 0.5) is 10.5 Å². The van der Waals surface area contributed by atoms with E-state index in [9.17, 15) is 19.8 Å². The molecule has 38 heavy (non-hydrogen) atoms. The average Bonchev–Trinajstić information content (AvgIpc) is 3.27. The molecule has 1 aromatic rings. The Kier molecular flexibility index (Phi) is 10.8. The molecule has 1 aromatic carbocycles. The molecule has 9 heteroatoms. The molecular formula is C29H44N2O6Si. The smallest absolute Gasteiger partial charge is 0.412 e. The van der Waals surface area contributed by atoms with Crippen LogP contribution in [-0.2, 0) is 0 Å². The summed E-state index contributed by atoms with van der Waals surface area (Å²) in [4.78, 5) is 28.8. The van der Waals surface area contributed by atoms with Crippen molar-refractivity contribution >= 4 is 26.0 Å². The van der Waals surface area contributed by atoms with Crippen LogP contribution in [-0.4, -0.2) is 61.7 Å². The van der Waals surface area contributed by atoms with Gasteiger partial charge in [0.25, 0.3) is 14.2 Å². The lowest BCUT2D eigenvalue weighted by molar-refractivity contribution is 0.0732. The fourth-order valence-corrected chi connectivity index (χ4v) is 10.9. The van der Waals surface area contributed by atoms with Crippen LogP contribution in [0.15, 0.2) is 48.7 Å². The van der Waals surface area contributed by atoms with Gasteiger partial charge in [0, 0.05) is 18.8 Å². The number of allylic oxidation sites excluding steroid dienone is 2. The normalized spacial score (nSPS) is 15.9. The molecule has 1 unspecified atom stereocenters. The molecule has 0 aromatic heterocycles. The third kappa shape index (κ3) is 6.15. The van der Waals surface area contributed by atoms with Gasteiger partial charge in [0.05, 0.1) is 31.0 Å². The highest BCUT2D eigenvalue weighted by Gasteiger charge is 2.47. The molecule has 0 fully saturated rings. The van der Waals surface area contributed by atoms with Crippen LogP contribution >= 0.6 is 0 Å². The van der Waals surface area contributed by atoms with Gasteiger partial charge in [-0.25, -0.2) is 4.79 Å². The van der Waals surface area contributed by atoms with Crippen molar-refractivity contribution in [3.8, 4) is 11.5 Å². The first kappa shape index (κ1) is 31.2. The summed E-state index contributed by atoms with van der Waals surface area (Å²) in [7, 11) is -0.928. The molecule has 1 aliphatic rings. The van der Waals surface area contributed by atoms with E-state index in [2.05, 4.69) is 48.1 Å². The molecule has 0 aliphatic carbocycles. The molecule has 2 rings (SSSR count). The van der Waals surface area contributed by atoms with E-state index in [1.54, 1.807) is 18.3 Å². The minimum atomic E-state index is -2.44. The molecule has 1 heterocycles. The predicted molar refractivity (Wildman–Crippen MR) is 155 cm³/mol. The molecule has 2 N–H and O–H groups in total. The monoisotopic (exact) mass is 544 g/mol. The first-order chi connectivity index (χ1) is 17.9. The van der Waals surface area contributed by atoms with Gasteiger partial charge in [0.2, 0.25) is 0 Å². The summed E-state index contributed by atoms with van der Waals surface area (Å²) >= 11 is 0. The van der Waals surface area contributed by atoms with Gasteiger partial charge in [-0.05, 0) is 41.6 Å². The summed E-state index contributed by atoms with van der Waals surface area (Å²) in [6, 6.07) is 2.71. The van der Waals surface area contributed by atoms with Crippen LogP contribution in [0.25, 0.3) is 0 Å². The molecule has 2 amide bonds. The zero-order valence-corrected chi connectivity index (χ0v) is 25.0. The standard InChI is InChI=1S/C29H44N2O6Si/c1-10-12-22-14-23(18-32)31(17-22)28(33)24-15-26(36-9)27(16-25(24)30(13-11-2)29(34)35)37-38(19(3)4,20(5)6)21(7)8/h10-12,15-17,19-21,23,32H,2,13-14,18H2,1,3-9H3,(H,34,35)/b12-10+. The van der Waals surface area contributed by atoms with Crippen molar-refractivity contribution in [2.24, 2.45) is 0 Å². The number of aliphatic hydroxyl groups excluding tert-OH is 1. The van der Waals surface area contributed by atoms with E-state index in [4.69, 9.17) is 9.16 Å². The minimum Gasteiger partial charge on any atom is -0.540 e. The summed E-state index contributed by atoms with van der Waals surface area (Å²) in [6.45, 7) is 18.3. The van der Waals surface area contributed by atoms with Crippen LogP contribution in [0.1, 0.15) is 65.2 Å². The van der Waals surface area contributed by atoms with E-state index in [1.165, 1.54) is 18.1 Å². The van der Waals surface area contributed by atoms with E-state index >= 15 is 0 Å². The maximum absolute atomic E-state index is 13.9. The maximum atomic E-state index is 13.9. The summed E-state index contributed by atoms with van der Waals surface area (Å²) in [5.41, 5.74) is 2.03. The number of carbonyl (C=O) groups excluding carboxylic acids is 1. The lowest BCUT2D eigenvalue weighted by Gasteiger charge is -2.42. The van der Waals surface area contributed by atoms with Crippen molar-refractivity contribution in [2.75, 3.05) is 25.2 Å². The first-order valence-corrected chi connectivity index (χ1v) is 15.3. The molecular weight excluding hydrogens is 500 g/mol. The van der Waals surface area contributed by atoms with Crippen LogP contribution in [0.3, 0.4) is 0 Å². The van der Waals surface area contributed by atoms with Gasteiger partial charge in [-0.1, -0.05) is 59.8 Å². The lowest BCUT2D eigenvalue weighted by atomic mass is 10.1. The highest BCUT2D eigenvalue weighted by atomic mass is 28.4. The first-order valence-electron chi connectivity index (χ1n) is 13.2. The topological polar surface area (TPSA) is 99.5 Å². The number of ether oxygens (including phenoxy) is 1. The van der Waals surface area contributed by atoms with Gasteiger partial charge in [-0.3, -0.25) is 9.69 Å². The van der Waals surface area contributed by atoms with Crippen molar-refractivity contribution in [1.29, 1.82) is 0 Å². The Morgan fingerprint density at radius 3 is 2.21 bits per heavy atom. The fraction of sp³-hybridized carbons (Fsp3) is 0.517. The van der Waals surface area contributed by atoms with E-state index in [-0.39, 0.29) is 41.0 Å². The maximum Gasteiger partial charge on any atom is 0.412 e. The Morgan fingerprint density at radius 2 is 1.76 bits per heavy atom. The molecule has 0 radical (unpaired) electrons. The second-order valence-corrected chi connectivity index (χ2v) is 16.0. The summed E-state index contributed by atoms with van der Waals surface area (Å²) in [5, 5.41) is 20.1. The number of anilines is 1. The van der Waals surface area contributed by atoms with Crippen LogP contribution < -0.4 is 14.1 Å². The molecule has 0 spiro atoms. The van der Waals surface area contributed by atoms with E-state index in [0.717, 1.165) is 10.5 Å². The van der Waals surface area contributed by atoms with Crippen molar-refractivity contribution in [3.05, 3.63) is 54.3 Å². The lowest BCUT2D eigenvalue weighted by Crippen LogP contribution is -2.50. The number of hydrogen-bond donors (Lipinski definition) is 2. The average molecular weight is 545 g/mol. The zero-order valence-electron chi connectivity index (χ0n) is 24.0. The van der Waals surface area contributed by atoms with Crippen molar-refractivity contribution in [2.45, 2.75) is 77.6 Å². The summed E-state index contributed by atoms with van der Waals surface area (Å²) in [5.74, 6) is 0.346. The second-order valence-electron chi connectivity index (χ2n) is 10.6. The Bertz CT molecular complexity index is 1060. The number of nitrogens with zero attached hydrogens (tertiary/aromatic N) is 2. The fourth-order valence-electron chi connectivity index (χ4n) is 5.68. The molecule has 1 aliphatic heterocycles. The SMILES string of the molecule is C=CCN(C(=O)O)c1cc(O[Si](C(C)C)(C(C)C)C(C)C)c(OC)cc1C(=O)N1C=C(/C=C/C)CC1CO. The van der Waals surface area contributed by atoms with E-state index in [0.29, 0.717) is 17.9 Å². The van der Waals surface area contributed by atoms with Gasteiger partial charge in [-0.15, -0.1) is 6.58 Å². The highest BCUT2D eigenvalue weighted by Crippen LogP contribution is 2.46. The molecule has 0 saturated carbocycles. The highest BCUT2D eigenvalue weighted by molar-refractivity contribution is 6.78. The van der Waals surface area contributed by atoms with Gasteiger partial charge in [0.15, 0.2) is 5.75 Å². The number of aliphatic hydroxyl groups is 1. The second kappa shape index (κ2) is 13.2. The van der Waals surface area contributed by atoms with E-state index in [1.807, 2.05) is 19.1 Å². The quantitative estimate of drug-likeness (QED) is 0.228. The van der Waals surface area contributed by atoms with Crippen molar-refractivity contribution < 1.29 is 29.0 Å². The van der Waals surface area contributed by atoms with Crippen LogP contribution in [0.2, 0.25) is 16.6 Å². The number of rotatable bonds is 12. The Morgan fingerprint density at radius 1 is 1.16 bits per heavy atom. The minimum absolute atomic E-state index is 0.0222. The molecule has 0 bridgehead atoms. The number of carbonyl (C=O) groups is 2. The number of hydrogen-bond acceptors (Lipinski definition) is 5. The number of carboxylic acid groups (broad SMARTS) is 1. The third-order valence-corrected chi connectivity index (χ3v) is 13.3. The van der Waals surface area contributed by atoms with Crippen LogP contribution in [0.5, 0.6) is 11.5 Å². The van der Waals surface area contributed by atoms with Gasteiger partial charge < -0.3 is 24.3 Å². The number of benzene rings is 1.